The molecular formula is C32H35NO2. The molecule has 0 aromatic heterocycles. The number of fused-ring (bicyclic) bond motifs is 2. The van der Waals surface area contributed by atoms with Crippen molar-refractivity contribution in [2.24, 2.45) is 0 Å². The standard InChI is InChI=1S/C32H35NO2/c1-22(34)20-25-24-14-10-11-16-26(24)31(3,4)27(25)15-8-7-9-19-30-32(5,6)28-17-12-13-18-29(28)33(30)21-23(2)35/h7-19H,20-21H2,1-6H3/b9-7+,15-8+,30-19-. The summed E-state index contributed by atoms with van der Waals surface area (Å²) in [4.78, 5) is 26.2. The van der Waals surface area contributed by atoms with Gasteiger partial charge in [-0.05, 0) is 53.8 Å². The van der Waals surface area contributed by atoms with Crippen molar-refractivity contribution in [3.63, 3.8) is 0 Å². The maximum absolute atomic E-state index is 12.0. The Kier molecular flexibility index (Phi) is 6.55. The largest absolute Gasteiger partial charge is 0.337 e. The number of carbonyl (C=O) groups excluding carboxylic acids is 2. The lowest BCUT2D eigenvalue weighted by molar-refractivity contribution is -0.116. The van der Waals surface area contributed by atoms with Crippen molar-refractivity contribution in [2.75, 3.05) is 11.4 Å². The van der Waals surface area contributed by atoms with Crippen molar-refractivity contribution in [1.29, 1.82) is 0 Å². The van der Waals surface area contributed by atoms with Crippen LogP contribution in [0.3, 0.4) is 0 Å². The molecule has 0 bridgehead atoms. The van der Waals surface area contributed by atoms with Crippen molar-refractivity contribution in [1.82, 2.24) is 0 Å². The predicted octanol–water partition coefficient (Wildman–Crippen LogP) is 7.09. The van der Waals surface area contributed by atoms with Gasteiger partial charge in [0.05, 0.1) is 6.54 Å². The van der Waals surface area contributed by atoms with Crippen LogP contribution in [-0.2, 0) is 20.4 Å². The van der Waals surface area contributed by atoms with Gasteiger partial charge in [-0.15, -0.1) is 0 Å². The highest BCUT2D eigenvalue weighted by Gasteiger charge is 2.40. The zero-order chi connectivity index (χ0) is 25.4. The maximum atomic E-state index is 12.0. The molecule has 2 aromatic rings. The second kappa shape index (κ2) is 9.30. The van der Waals surface area contributed by atoms with Gasteiger partial charge in [0.2, 0.25) is 0 Å². The number of hydrogen-bond acceptors (Lipinski definition) is 3. The van der Waals surface area contributed by atoms with Crippen LogP contribution >= 0.6 is 0 Å². The molecule has 0 atom stereocenters. The summed E-state index contributed by atoms with van der Waals surface area (Å²) in [7, 11) is 0. The van der Waals surface area contributed by atoms with E-state index < -0.39 is 0 Å². The molecule has 35 heavy (non-hydrogen) atoms. The fraction of sp³-hybridized carbons (Fsp3) is 0.312. The lowest BCUT2D eigenvalue weighted by Crippen LogP contribution is -2.29. The molecule has 3 nitrogen and oxygen atoms in total. The fourth-order valence-corrected chi connectivity index (χ4v) is 5.60. The molecule has 0 radical (unpaired) electrons. The Bertz CT molecular complexity index is 1300. The van der Waals surface area contributed by atoms with Gasteiger partial charge in [0.15, 0.2) is 0 Å². The van der Waals surface area contributed by atoms with E-state index in [9.17, 15) is 9.59 Å². The molecule has 0 saturated carbocycles. The Morgan fingerprint density at radius 3 is 2.14 bits per heavy atom. The molecule has 2 aromatic carbocycles. The van der Waals surface area contributed by atoms with Crippen LogP contribution in [0.2, 0.25) is 0 Å². The number of para-hydroxylation sites is 1. The first-order valence-electron chi connectivity index (χ1n) is 12.3. The number of allylic oxidation sites excluding steroid dienone is 8. The Morgan fingerprint density at radius 2 is 1.46 bits per heavy atom. The Labute approximate surface area is 209 Å². The second-order valence-corrected chi connectivity index (χ2v) is 10.7. The molecule has 1 heterocycles. The van der Waals surface area contributed by atoms with E-state index >= 15 is 0 Å². The van der Waals surface area contributed by atoms with Gasteiger partial charge in [0, 0.05) is 28.6 Å². The maximum Gasteiger partial charge on any atom is 0.149 e. The Hall–Kier alpha value is -3.46. The van der Waals surface area contributed by atoms with Gasteiger partial charge in [-0.25, -0.2) is 0 Å². The van der Waals surface area contributed by atoms with Gasteiger partial charge in [-0.3, -0.25) is 9.59 Å². The highest BCUT2D eigenvalue weighted by molar-refractivity contribution is 5.94. The fourth-order valence-electron chi connectivity index (χ4n) is 5.60. The zero-order valence-electron chi connectivity index (χ0n) is 21.7. The topological polar surface area (TPSA) is 37.4 Å². The van der Waals surface area contributed by atoms with Crippen LogP contribution in [0.1, 0.15) is 64.7 Å². The van der Waals surface area contributed by atoms with E-state index in [4.69, 9.17) is 0 Å². The van der Waals surface area contributed by atoms with Crippen molar-refractivity contribution in [3.05, 3.63) is 107 Å². The third kappa shape index (κ3) is 4.48. The summed E-state index contributed by atoms with van der Waals surface area (Å²) in [5.41, 5.74) is 7.89. The van der Waals surface area contributed by atoms with E-state index in [0.29, 0.717) is 13.0 Å². The second-order valence-electron chi connectivity index (χ2n) is 10.7. The molecule has 0 fully saturated rings. The molecule has 0 N–H and O–H groups in total. The van der Waals surface area contributed by atoms with E-state index in [1.54, 1.807) is 13.8 Å². The molecular weight excluding hydrogens is 430 g/mol. The van der Waals surface area contributed by atoms with E-state index in [0.717, 1.165) is 17.0 Å². The molecule has 0 spiro atoms. The summed E-state index contributed by atoms with van der Waals surface area (Å²) in [5, 5.41) is 0. The van der Waals surface area contributed by atoms with Gasteiger partial charge in [-0.1, -0.05) is 94.5 Å². The van der Waals surface area contributed by atoms with Crippen molar-refractivity contribution in [2.45, 2.75) is 58.8 Å². The molecule has 2 aliphatic rings. The number of rotatable bonds is 7. The minimum atomic E-state index is -0.188. The normalized spacial score (nSPS) is 19.1. The average molecular weight is 466 g/mol. The molecule has 0 amide bonds. The number of hydrogen-bond donors (Lipinski definition) is 0. The average Bonchev–Trinajstić information content (AvgIpc) is 3.13. The first kappa shape index (κ1) is 24.7. The van der Waals surface area contributed by atoms with E-state index in [2.05, 4.69) is 87.2 Å². The van der Waals surface area contributed by atoms with E-state index in [1.165, 1.54) is 22.3 Å². The smallest absolute Gasteiger partial charge is 0.149 e. The van der Waals surface area contributed by atoms with Crippen LogP contribution in [-0.4, -0.2) is 18.1 Å². The summed E-state index contributed by atoms with van der Waals surface area (Å²) in [5.74, 6) is 0.313. The Morgan fingerprint density at radius 1 is 0.800 bits per heavy atom. The SMILES string of the molecule is CC(=O)CC1=C(/C=C/C=C/C=C2\N(CC(C)=O)c3ccccc3C2(C)C)C(C)(C)c2ccccc21. The van der Waals surface area contributed by atoms with Gasteiger partial charge >= 0.3 is 0 Å². The van der Waals surface area contributed by atoms with Gasteiger partial charge in [0.25, 0.3) is 0 Å². The number of anilines is 1. The van der Waals surface area contributed by atoms with Gasteiger partial charge < -0.3 is 4.90 Å². The van der Waals surface area contributed by atoms with Crippen molar-refractivity contribution < 1.29 is 9.59 Å². The Balaban J connectivity index is 1.65. The minimum absolute atomic E-state index is 0.139. The first-order valence-corrected chi connectivity index (χ1v) is 12.3. The lowest BCUT2D eigenvalue weighted by atomic mass is 9.81. The molecule has 0 unspecified atom stereocenters. The molecule has 1 aliphatic heterocycles. The summed E-state index contributed by atoms with van der Waals surface area (Å²) < 4.78 is 0. The van der Waals surface area contributed by atoms with Crippen LogP contribution < -0.4 is 4.90 Å². The molecule has 180 valence electrons. The third-order valence-corrected chi connectivity index (χ3v) is 7.27. The van der Waals surface area contributed by atoms with Crippen LogP contribution in [0.4, 0.5) is 5.69 Å². The van der Waals surface area contributed by atoms with Crippen molar-refractivity contribution in [3.8, 4) is 0 Å². The number of Topliss-reactive ketones (excluding diaryl/α,β-unsaturated/α-hetero) is 2. The summed E-state index contributed by atoms with van der Waals surface area (Å²) in [6.07, 6.45) is 10.9. The van der Waals surface area contributed by atoms with Gasteiger partial charge in [-0.2, -0.15) is 0 Å². The van der Waals surface area contributed by atoms with Crippen LogP contribution in [0.25, 0.3) is 5.57 Å². The number of nitrogens with zero attached hydrogens (tertiary/aromatic N) is 1. The molecule has 1 aliphatic carbocycles. The molecule has 4 rings (SSSR count). The predicted molar refractivity (Wildman–Crippen MR) is 146 cm³/mol. The molecule has 0 saturated heterocycles. The minimum Gasteiger partial charge on any atom is -0.337 e. The third-order valence-electron chi connectivity index (χ3n) is 7.27. The zero-order valence-corrected chi connectivity index (χ0v) is 21.7. The van der Waals surface area contributed by atoms with E-state index in [-0.39, 0.29) is 22.4 Å². The number of carbonyl (C=O) groups is 2. The lowest BCUT2D eigenvalue weighted by Gasteiger charge is -2.26. The van der Waals surface area contributed by atoms with Gasteiger partial charge in [0.1, 0.15) is 11.6 Å². The van der Waals surface area contributed by atoms with Crippen LogP contribution in [0.5, 0.6) is 0 Å². The first-order chi connectivity index (χ1) is 16.5. The summed E-state index contributed by atoms with van der Waals surface area (Å²) >= 11 is 0. The van der Waals surface area contributed by atoms with Crippen LogP contribution in [0, 0.1) is 0 Å². The van der Waals surface area contributed by atoms with Crippen LogP contribution in [0.15, 0.2) is 90.2 Å². The molecule has 3 heteroatoms. The summed E-state index contributed by atoms with van der Waals surface area (Å²) in [6, 6.07) is 16.7. The monoisotopic (exact) mass is 465 g/mol. The summed E-state index contributed by atoms with van der Waals surface area (Å²) in [6.45, 7) is 12.5. The number of benzene rings is 2. The van der Waals surface area contributed by atoms with E-state index in [1.807, 2.05) is 24.3 Å². The quantitative estimate of drug-likeness (QED) is 0.410. The number of ketones is 2. The highest BCUT2D eigenvalue weighted by Crippen LogP contribution is 2.48. The van der Waals surface area contributed by atoms with Crippen molar-refractivity contribution >= 4 is 22.8 Å². The highest BCUT2D eigenvalue weighted by atomic mass is 16.1.